The average molecular weight is 444 g/mol. The van der Waals surface area contributed by atoms with Crippen LogP contribution in [0.5, 0.6) is 0 Å². The molecule has 3 rings (SSSR count). The van der Waals surface area contributed by atoms with Crippen molar-refractivity contribution in [3.8, 4) is 0 Å². The van der Waals surface area contributed by atoms with E-state index >= 15 is 0 Å². The zero-order valence-electron chi connectivity index (χ0n) is 20.3. The number of hydrogen-bond donors (Lipinski definition) is 1. The van der Waals surface area contributed by atoms with Crippen molar-refractivity contribution in [1.82, 2.24) is 4.90 Å². The molecule has 2 fully saturated rings. The van der Waals surface area contributed by atoms with Crippen molar-refractivity contribution in [3.63, 3.8) is 0 Å². The fourth-order valence-electron chi connectivity index (χ4n) is 4.92. The first kappa shape index (κ1) is 26.1. The molecule has 1 saturated carbocycles. The number of carboxylic acid groups (broad SMARTS) is 1. The number of hydrogen-bond acceptors (Lipinski definition) is 3. The molecule has 1 saturated heterocycles. The maximum absolute atomic E-state index is 12.0. The molecule has 1 amide bonds. The Balaban J connectivity index is 0.000000228. The largest absolute Gasteiger partial charge is 0.480 e. The molecule has 1 aromatic carbocycles. The van der Waals surface area contributed by atoms with Crippen molar-refractivity contribution < 1.29 is 19.5 Å². The highest BCUT2D eigenvalue weighted by molar-refractivity contribution is 6.38. The number of carbonyl (C=O) groups excluding carboxylic acids is 2. The summed E-state index contributed by atoms with van der Waals surface area (Å²) >= 11 is 0. The van der Waals surface area contributed by atoms with E-state index in [-0.39, 0.29) is 0 Å². The molecule has 1 N–H and O–H groups in total. The quantitative estimate of drug-likeness (QED) is 0.538. The Bertz CT molecular complexity index is 752. The summed E-state index contributed by atoms with van der Waals surface area (Å²) in [5.74, 6) is -0.412. The van der Waals surface area contributed by atoms with E-state index in [1.807, 2.05) is 6.92 Å². The summed E-state index contributed by atoms with van der Waals surface area (Å²) in [4.78, 5) is 36.1. The van der Waals surface area contributed by atoms with Gasteiger partial charge in [0.1, 0.15) is 6.04 Å². The summed E-state index contributed by atoms with van der Waals surface area (Å²) < 4.78 is 0. The summed E-state index contributed by atoms with van der Waals surface area (Å²) in [5.41, 5.74) is 0.842. The summed E-state index contributed by atoms with van der Waals surface area (Å²) in [6, 6.07) is 10.3. The summed E-state index contributed by atoms with van der Waals surface area (Å²) in [5, 5.41) is 8.97. The highest BCUT2D eigenvalue weighted by Crippen LogP contribution is 2.37. The molecule has 0 spiro atoms. The van der Waals surface area contributed by atoms with Crippen LogP contribution in [0.2, 0.25) is 0 Å². The molecule has 0 bridgehead atoms. The first-order chi connectivity index (χ1) is 15.2. The van der Waals surface area contributed by atoms with Gasteiger partial charge in [-0.05, 0) is 55.9 Å². The number of aliphatic carboxylic acids is 1. The second-order valence-electron chi connectivity index (χ2n) is 9.88. The molecule has 1 aliphatic carbocycles. The van der Waals surface area contributed by atoms with Gasteiger partial charge in [-0.3, -0.25) is 9.59 Å². The van der Waals surface area contributed by atoms with Crippen LogP contribution in [0.15, 0.2) is 30.3 Å². The molecule has 2 unspecified atom stereocenters. The minimum atomic E-state index is -1.03. The van der Waals surface area contributed by atoms with Gasteiger partial charge in [-0.2, -0.15) is 0 Å². The molecule has 5 nitrogen and oxygen atoms in total. The van der Waals surface area contributed by atoms with Gasteiger partial charge in [-0.15, -0.1) is 0 Å². The Morgan fingerprint density at radius 1 is 1.00 bits per heavy atom. The lowest BCUT2D eigenvalue weighted by Gasteiger charge is -2.29. The first-order valence-electron chi connectivity index (χ1n) is 12.4. The zero-order valence-corrected chi connectivity index (χ0v) is 20.3. The van der Waals surface area contributed by atoms with E-state index in [0.29, 0.717) is 25.8 Å². The lowest BCUT2D eigenvalue weighted by atomic mass is 9.76. The van der Waals surface area contributed by atoms with E-state index in [1.54, 1.807) is 19.4 Å². The molecule has 1 aliphatic heterocycles. The number of rotatable bonds is 7. The first-order valence-corrected chi connectivity index (χ1v) is 12.4. The predicted molar refractivity (Wildman–Crippen MR) is 127 cm³/mol. The minimum Gasteiger partial charge on any atom is -0.480 e. The number of carboxylic acids is 1. The van der Waals surface area contributed by atoms with E-state index in [1.165, 1.54) is 43.4 Å². The minimum absolute atomic E-state index is 0.362. The number of likely N-dealkylation sites (tertiary alicyclic amines) is 1. The van der Waals surface area contributed by atoms with Crippen molar-refractivity contribution in [2.24, 2.45) is 11.3 Å². The maximum Gasteiger partial charge on any atom is 0.326 e. The van der Waals surface area contributed by atoms with Crippen molar-refractivity contribution in [1.29, 1.82) is 0 Å². The van der Waals surface area contributed by atoms with Crippen LogP contribution in [0.1, 0.15) is 97.0 Å². The lowest BCUT2D eigenvalue weighted by Crippen LogP contribution is -2.47. The van der Waals surface area contributed by atoms with Crippen molar-refractivity contribution in [3.05, 3.63) is 35.9 Å². The molecular formula is C27H41NO4. The van der Waals surface area contributed by atoms with E-state index in [9.17, 15) is 14.4 Å². The number of carbonyl (C=O) groups is 3. The number of amides is 1. The Morgan fingerprint density at radius 3 is 2.16 bits per heavy atom. The van der Waals surface area contributed by atoms with Crippen molar-refractivity contribution >= 4 is 17.7 Å². The van der Waals surface area contributed by atoms with E-state index in [2.05, 4.69) is 37.3 Å². The van der Waals surface area contributed by atoms with Crippen LogP contribution in [-0.4, -0.2) is 40.3 Å². The van der Waals surface area contributed by atoms with Crippen LogP contribution in [-0.2, 0) is 14.4 Å². The third-order valence-corrected chi connectivity index (χ3v) is 7.38. The molecule has 178 valence electrons. The van der Waals surface area contributed by atoms with Gasteiger partial charge in [0.25, 0.3) is 5.91 Å². The van der Waals surface area contributed by atoms with Gasteiger partial charge >= 0.3 is 5.97 Å². The molecule has 2 aliphatic rings. The highest BCUT2D eigenvalue weighted by atomic mass is 16.4. The third kappa shape index (κ3) is 6.66. The van der Waals surface area contributed by atoms with Crippen LogP contribution >= 0.6 is 0 Å². The molecule has 1 heterocycles. The smallest absolute Gasteiger partial charge is 0.326 e. The Hall–Kier alpha value is -2.17. The SMILES string of the molecule is CCC(C)(C)C(=O)C(=O)N1CCCC1C(=O)O.CCC(c1ccccc1)C1CCCCC1. The summed E-state index contributed by atoms with van der Waals surface area (Å²) in [6.07, 6.45) is 10.2. The molecule has 2 atom stereocenters. The van der Waals surface area contributed by atoms with Crippen LogP contribution in [0.3, 0.4) is 0 Å². The molecule has 5 heteroatoms. The van der Waals surface area contributed by atoms with Gasteiger partial charge in [0.15, 0.2) is 0 Å². The fraction of sp³-hybridized carbons (Fsp3) is 0.667. The van der Waals surface area contributed by atoms with Crippen LogP contribution in [0, 0.1) is 11.3 Å². The lowest BCUT2D eigenvalue weighted by molar-refractivity contribution is -0.154. The van der Waals surface area contributed by atoms with E-state index in [0.717, 1.165) is 11.8 Å². The zero-order chi connectivity index (χ0) is 23.7. The van der Waals surface area contributed by atoms with Gasteiger partial charge in [0, 0.05) is 12.0 Å². The standard InChI is InChI=1S/C15H22.C12H19NO4/c1-2-15(13-9-5-3-6-10-13)14-11-7-4-8-12-14;1-4-12(2,3)9(14)10(15)13-7-5-6-8(13)11(16)17/h3,5-6,9-10,14-15H,2,4,7-8,11-12H2,1H3;8H,4-7H2,1-3H3,(H,16,17). The van der Waals surface area contributed by atoms with Crippen LogP contribution in [0.4, 0.5) is 0 Å². The normalized spacial score (nSPS) is 20.2. The van der Waals surface area contributed by atoms with Crippen molar-refractivity contribution in [2.75, 3.05) is 6.54 Å². The maximum atomic E-state index is 12.0. The molecule has 0 aromatic heterocycles. The molecule has 0 radical (unpaired) electrons. The number of benzene rings is 1. The van der Waals surface area contributed by atoms with E-state index in [4.69, 9.17) is 5.11 Å². The van der Waals surface area contributed by atoms with Crippen molar-refractivity contribution in [2.45, 2.75) is 97.4 Å². The molecule has 32 heavy (non-hydrogen) atoms. The highest BCUT2D eigenvalue weighted by Gasteiger charge is 2.41. The second kappa shape index (κ2) is 12.2. The molecular weight excluding hydrogens is 402 g/mol. The van der Waals surface area contributed by atoms with Gasteiger partial charge < -0.3 is 10.0 Å². The van der Waals surface area contributed by atoms with Gasteiger partial charge in [0.2, 0.25) is 5.78 Å². The Labute approximate surface area is 193 Å². The Kier molecular flexibility index (Phi) is 9.92. The topological polar surface area (TPSA) is 74.7 Å². The Morgan fingerprint density at radius 2 is 1.62 bits per heavy atom. The van der Waals surface area contributed by atoms with Gasteiger partial charge in [-0.1, -0.05) is 77.3 Å². The third-order valence-electron chi connectivity index (χ3n) is 7.38. The van der Waals surface area contributed by atoms with Gasteiger partial charge in [-0.25, -0.2) is 4.79 Å². The molecule has 1 aromatic rings. The second-order valence-corrected chi connectivity index (χ2v) is 9.88. The number of nitrogens with zero attached hydrogens (tertiary/aromatic N) is 1. The van der Waals surface area contributed by atoms with Gasteiger partial charge in [0.05, 0.1) is 0 Å². The van der Waals surface area contributed by atoms with Crippen LogP contribution in [0.25, 0.3) is 0 Å². The number of Topliss-reactive ketones (excluding diaryl/α,β-unsaturated/α-hetero) is 1. The predicted octanol–water partition coefficient (Wildman–Crippen LogP) is 5.83. The average Bonchev–Trinajstić information content (AvgIpc) is 3.31. The monoisotopic (exact) mass is 443 g/mol. The fourth-order valence-corrected chi connectivity index (χ4v) is 4.92. The summed E-state index contributed by atoms with van der Waals surface area (Å²) in [7, 11) is 0. The van der Waals surface area contributed by atoms with E-state index < -0.39 is 29.1 Å². The van der Waals surface area contributed by atoms with Crippen LogP contribution < -0.4 is 0 Å². The summed E-state index contributed by atoms with van der Waals surface area (Å²) in [6.45, 7) is 7.95. The number of ketones is 1.